The van der Waals surface area contributed by atoms with Crippen LogP contribution in [0.4, 0.5) is 10.5 Å². The van der Waals surface area contributed by atoms with E-state index in [9.17, 15) is 4.79 Å². The molecule has 0 radical (unpaired) electrons. The van der Waals surface area contributed by atoms with Crippen LogP contribution in [0.3, 0.4) is 0 Å². The molecule has 1 heterocycles. The smallest absolute Gasteiger partial charge is 0.319 e. The van der Waals surface area contributed by atoms with Gasteiger partial charge < -0.3 is 15.2 Å². The van der Waals surface area contributed by atoms with E-state index in [4.69, 9.17) is 16.1 Å². The highest BCUT2D eigenvalue weighted by atomic mass is 35.5. The fraction of sp³-hybridized carbons (Fsp3) is 0.211. The molecule has 26 heavy (non-hydrogen) atoms. The zero-order valence-electron chi connectivity index (χ0n) is 14.4. The summed E-state index contributed by atoms with van der Waals surface area (Å²) < 4.78 is 5.39. The number of urea groups is 1. The van der Waals surface area contributed by atoms with Crippen molar-refractivity contribution in [2.24, 2.45) is 5.92 Å². The fourth-order valence-corrected chi connectivity index (χ4v) is 2.55. The predicted molar refractivity (Wildman–Crippen MR) is 101 cm³/mol. The summed E-state index contributed by atoms with van der Waals surface area (Å²) in [5.41, 5.74) is 1.50. The van der Waals surface area contributed by atoms with Crippen molar-refractivity contribution in [2.45, 2.75) is 19.9 Å². The number of halogens is 1. The number of hydrogen-bond donors (Lipinski definition) is 2. The Morgan fingerprint density at radius 2 is 1.77 bits per heavy atom. The van der Waals surface area contributed by atoms with Crippen LogP contribution in [-0.4, -0.2) is 16.2 Å². The van der Waals surface area contributed by atoms with Gasteiger partial charge in [-0.25, -0.2) is 4.79 Å². The second-order valence-corrected chi connectivity index (χ2v) is 6.59. The lowest BCUT2D eigenvalue weighted by atomic mass is 10.0. The summed E-state index contributed by atoms with van der Waals surface area (Å²) in [5, 5.41) is 10.3. The number of benzene rings is 2. The predicted octanol–water partition coefficient (Wildman–Crippen LogP) is 4.91. The maximum absolute atomic E-state index is 12.3. The summed E-state index contributed by atoms with van der Waals surface area (Å²) in [6.07, 6.45) is 0. The molecule has 3 aromatic rings. The highest BCUT2D eigenvalue weighted by molar-refractivity contribution is 6.30. The summed E-state index contributed by atoms with van der Waals surface area (Å²) in [6.45, 7) is 3.94. The molecule has 6 nitrogen and oxygen atoms in total. The van der Waals surface area contributed by atoms with E-state index >= 15 is 0 Å². The number of carbonyl (C=O) groups is 1. The molecule has 2 aromatic carbocycles. The van der Waals surface area contributed by atoms with Crippen LogP contribution in [0.2, 0.25) is 5.02 Å². The number of carbonyl (C=O) groups excluding carboxylic acids is 1. The minimum atomic E-state index is -0.410. The van der Waals surface area contributed by atoms with Crippen molar-refractivity contribution in [1.29, 1.82) is 0 Å². The molecule has 0 aliphatic rings. The molecule has 0 unspecified atom stereocenters. The average Bonchev–Trinajstić information content (AvgIpc) is 3.12. The molecule has 0 saturated heterocycles. The van der Waals surface area contributed by atoms with E-state index in [0.29, 0.717) is 22.4 Å². The molecule has 1 atom stereocenters. The van der Waals surface area contributed by atoms with E-state index in [-0.39, 0.29) is 11.9 Å². The Balaban J connectivity index is 1.72. The molecule has 0 bridgehead atoms. The molecule has 3 rings (SSSR count). The Kier molecular flexibility index (Phi) is 5.53. The molecule has 2 N–H and O–H groups in total. The van der Waals surface area contributed by atoms with Crippen molar-refractivity contribution in [3.8, 4) is 11.4 Å². The van der Waals surface area contributed by atoms with E-state index < -0.39 is 6.04 Å². The Morgan fingerprint density at radius 3 is 2.42 bits per heavy atom. The molecular formula is C19H19ClN4O2. The molecule has 134 valence electrons. The van der Waals surface area contributed by atoms with Gasteiger partial charge in [-0.15, -0.1) is 0 Å². The lowest BCUT2D eigenvalue weighted by molar-refractivity contribution is 0.236. The second kappa shape index (κ2) is 8.01. The Hall–Kier alpha value is -2.86. The first-order chi connectivity index (χ1) is 12.5. The Labute approximate surface area is 156 Å². The third kappa shape index (κ3) is 4.40. The minimum Gasteiger partial charge on any atom is -0.337 e. The van der Waals surface area contributed by atoms with E-state index in [1.807, 2.05) is 44.2 Å². The number of hydrogen-bond acceptors (Lipinski definition) is 4. The molecule has 2 amide bonds. The normalized spacial score (nSPS) is 12.0. The van der Waals surface area contributed by atoms with Gasteiger partial charge in [-0.1, -0.05) is 60.9 Å². The molecular weight excluding hydrogens is 352 g/mol. The lowest BCUT2D eigenvalue weighted by Crippen LogP contribution is -2.35. The van der Waals surface area contributed by atoms with Crippen molar-refractivity contribution >= 4 is 23.3 Å². The minimum absolute atomic E-state index is 0.0649. The lowest BCUT2D eigenvalue weighted by Gasteiger charge is -2.18. The highest BCUT2D eigenvalue weighted by Gasteiger charge is 2.25. The van der Waals surface area contributed by atoms with Gasteiger partial charge in [0.1, 0.15) is 6.04 Å². The van der Waals surface area contributed by atoms with Gasteiger partial charge in [0, 0.05) is 16.3 Å². The van der Waals surface area contributed by atoms with Gasteiger partial charge in [0.2, 0.25) is 11.7 Å². The number of anilines is 1. The van der Waals surface area contributed by atoms with Crippen molar-refractivity contribution in [2.75, 3.05) is 5.32 Å². The van der Waals surface area contributed by atoms with Gasteiger partial charge in [-0.3, -0.25) is 0 Å². The maximum atomic E-state index is 12.3. The van der Waals surface area contributed by atoms with Crippen LogP contribution >= 0.6 is 11.6 Å². The summed E-state index contributed by atoms with van der Waals surface area (Å²) in [5.74, 6) is 0.923. The van der Waals surface area contributed by atoms with Gasteiger partial charge in [0.25, 0.3) is 0 Å². The fourth-order valence-electron chi connectivity index (χ4n) is 2.42. The molecule has 7 heteroatoms. The molecule has 0 fully saturated rings. The Bertz CT molecular complexity index is 863. The van der Waals surface area contributed by atoms with Crippen LogP contribution in [0.15, 0.2) is 59.1 Å². The molecule has 0 aliphatic heterocycles. The number of amides is 2. The van der Waals surface area contributed by atoms with Gasteiger partial charge in [-0.05, 0) is 30.2 Å². The number of aromatic nitrogens is 2. The van der Waals surface area contributed by atoms with Crippen LogP contribution in [0.5, 0.6) is 0 Å². The van der Waals surface area contributed by atoms with E-state index in [0.717, 1.165) is 5.56 Å². The topological polar surface area (TPSA) is 80.0 Å². The largest absolute Gasteiger partial charge is 0.337 e. The van der Waals surface area contributed by atoms with Gasteiger partial charge in [-0.2, -0.15) is 4.98 Å². The van der Waals surface area contributed by atoms with Crippen molar-refractivity contribution in [1.82, 2.24) is 15.5 Å². The first kappa shape index (κ1) is 17.9. The second-order valence-electron chi connectivity index (χ2n) is 6.15. The van der Waals surface area contributed by atoms with Crippen LogP contribution in [0, 0.1) is 5.92 Å². The summed E-state index contributed by atoms with van der Waals surface area (Å²) in [6, 6.07) is 15.6. The van der Waals surface area contributed by atoms with Gasteiger partial charge >= 0.3 is 6.03 Å². The quantitative estimate of drug-likeness (QED) is 0.668. The van der Waals surface area contributed by atoms with Crippen LogP contribution in [0.25, 0.3) is 11.4 Å². The third-order valence-corrected chi connectivity index (χ3v) is 4.05. The van der Waals surface area contributed by atoms with Crippen LogP contribution < -0.4 is 10.6 Å². The first-order valence-corrected chi connectivity index (χ1v) is 8.63. The standard InChI is InChI=1S/C19H19ClN4O2/c1-12(2)16(22-19(25)21-15-10-8-14(20)9-11-15)18-23-17(24-26-18)13-6-4-3-5-7-13/h3-12,16H,1-2H3,(H2,21,22,25)/t16-/m0/s1. The third-order valence-electron chi connectivity index (χ3n) is 3.80. The molecule has 1 aromatic heterocycles. The van der Waals surface area contributed by atoms with E-state index in [1.54, 1.807) is 24.3 Å². The highest BCUT2D eigenvalue weighted by Crippen LogP contribution is 2.23. The summed E-state index contributed by atoms with van der Waals surface area (Å²) in [7, 11) is 0. The zero-order chi connectivity index (χ0) is 18.5. The molecule has 0 spiro atoms. The SMILES string of the molecule is CC(C)[C@H](NC(=O)Nc1ccc(Cl)cc1)c1nc(-c2ccccc2)no1. The van der Waals surface area contributed by atoms with E-state index in [2.05, 4.69) is 20.8 Å². The first-order valence-electron chi connectivity index (χ1n) is 8.25. The zero-order valence-corrected chi connectivity index (χ0v) is 15.2. The van der Waals surface area contributed by atoms with Crippen LogP contribution in [0.1, 0.15) is 25.8 Å². The molecule has 0 saturated carbocycles. The maximum Gasteiger partial charge on any atom is 0.319 e. The number of rotatable bonds is 5. The van der Waals surface area contributed by atoms with Crippen LogP contribution in [-0.2, 0) is 0 Å². The summed E-state index contributed by atoms with van der Waals surface area (Å²) in [4.78, 5) is 16.8. The molecule has 0 aliphatic carbocycles. The van der Waals surface area contributed by atoms with Crippen molar-refractivity contribution < 1.29 is 9.32 Å². The summed E-state index contributed by atoms with van der Waals surface area (Å²) >= 11 is 5.85. The van der Waals surface area contributed by atoms with E-state index in [1.165, 1.54) is 0 Å². The van der Waals surface area contributed by atoms with Crippen molar-refractivity contribution in [3.05, 3.63) is 65.5 Å². The number of nitrogens with one attached hydrogen (secondary N) is 2. The number of nitrogens with zero attached hydrogens (tertiary/aromatic N) is 2. The monoisotopic (exact) mass is 370 g/mol. The Morgan fingerprint density at radius 1 is 1.08 bits per heavy atom. The van der Waals surface area contributed by atoms with Gasteiger partial charge in [0.15, 0.2) is 0 Å². The van der Waals surface area contributed by atoms with Crippen molar-refractivity contribution in [3.63, 3.8) is 0 Å². The van der Waals surface area contributed by atoms with Gasteiger partial charge in [0.05, 0.1) is 0 Å². The average molecular weight is 371 g/mol.